The molecule has 1 heterocycles. The largest absolute Gasteiger partial charge is 0.482 e. The van der Waals surface area contributed by atoms with Gasteiger partial charge in [0.2, 0.25) is 0 Å². The second-order valence-corrected chi connectivity index (χ2v) is 4.05. The zero-order chi connectivity index (χ0) is 12.4. The summed E-state index contributed by atoms with van der Waals surface area (Å²) in [6.07, 6.45) is 0. The average Bonchev–Trinajstić information content (AvgIpc) is 2.36. The number of hydrogen-bond acceptors (Lipinski definition) is 4. The molecule has 0 spiro atoms. The summed E-state index contributed by atoms with van der Waals surface area (Å²) in [5.41, 5.74) is 6.53. The molecule has 1 aromatic rings. The number of ketones is 1. The van der Waals surface area contributed by atoms with E-state index in [1.54, 1.807) is 25.1 Å². The Morgan fingerprint density at radius 3 is 3.06 bits per heavy atom. The molecule has 90 valence electrons. The number of amides is 1. The molecule has 1 unspecified atom stereocenters. The molecule has 1 atom stereocenters. The summed E-state index contributed by atoms with van der Waals surface area (Å²) in [6.45, 7) is 2.09. The second-order valence-electron chi connectivity index (χ2n) is 4.05. The van der Waals surface area contributed by atoms with Gasteiger partial charge in [-0.2, -0.15) is 0 Å². The molecule has 0 fully saturated rings. The number of benzene rings is 1. The molecular formula is C12H14N2O3. The van der Waals surface area contributed by atoms with Crippen molar-refractivity contribution in [2.75, 3.05) is 18.5 Å². The zero-order valence-electron chi connectivity index (χ0n) is 9.53. The third-order valence-corrected chi connectivity index (χ3v) is 2.70. The van der Waals surface area contributed by atoms with Crippen molar-refractivity contribution in [2.45, 2.75) is 6.92 Å². The Balaban J connectivity index is 2.30. The highest BCUT2D eigenvalue weighted by Gasteiger charge is 2.19. The minimum absolute atomic E-state index is 0.0134. The lowest BCUT2D eigenvalue weighted by Crippen LogP contribution is -2.26. The minimum atomic E-state index is -0.228. The SMILES string of the molecule is CC(CN)C(=O)c1ccc2c(c1)NC(=O)CO2. The maximum absolute atomic E-state index is 11.9. The smallest absolute Gasteiger partial charge is 0.262 e. The van der Waals surface area contributed by atoms with E-state index in [0.29, 0.717) is 23.5 Å². The molecule has 1 amide bonds. The fraction of sp³-hybridized carbons (Fsp3) is 0.333. The van der Waals surface area contributed by atoms with Gasteiger partial charge in [0.15, 0.2) is 12.4 Å². The maximum Gasteiger partial charge on any atom is 0.262 e. The molecule has 0 aromatic heterocycles. The molecule has 17 heavy (non-hydrogen) atoms. The number of anilines is 1. The van der Waals surface area contributed by atoms with E-state index in [1.807, 2.05) is 0 Å². The monoisotopic (exact) mass is 234 g/mol. The van der Waals surface area contributed by atoms with E-state index in [9.17, 15) is 9.59 Å². The highest BCUT2D eigenvalue weighted by Crippen LogP contribution is 2.29. The first-order chi connectivity index (χ1) is 8.11. The van der Waals surface area contributed by atoms with Gasteiger partial charge < -0.3 is 15.8 Å². The van der Waals surface area contributed by atoms with Crippen LogP contribution in [-0.2, 0) is 4.79 Å². The molecule has 5 nitrogen and oxygen atoms in total. The van der Waals surface area contributed by atoms with E-state index in [2.05, 4.69) is 5.32 Å². The average molecular weight is 234 g/mol. The van der Waals surface area contributed by atoms with Gasteiger partial charge in [0.05, 0.1) is 5.69 Å². The Bertz CT molecular complexity index is 471. The van der Waals surface area contributed by atoms with Crippen molar-refractivity contribution in [3.05, 3.63) is 23.8 Å². The van der Waals surface area contributed by atoms with Crippen LogP contribution in [-0.4, -0.2) is 24.8 Å². The first-order valence-corrected chi connectivity index (χ1v) is 5.43. The molecule has 0 aliphatic carbocycles. The van der Waals surface area contributed by atoms with E-state index >= 15 is 0 Å². The van der Waals surface area contributed by atoms with E-state index in [0.717, 1.165) is 0 Å². The van der Waals surface area contributed by atoms with Crippen molar-refractivity contribution < 1.29 is 14.3 Å². The van der Waals surface area contributed by atoms with Crippen LogP contribution in [0.15, 0.2) is 18.2 Å². The van der Waals surface area contributed by atoms with Crippen LogP contribution in [0.1, 0.15) is 17.3 Å². The molecule has 2 rings (SSSR count). The molecule has 1 aliphatic heterocycles. The first kappa shape index (κ1) is 11.6. The van der Waals surface area contributed by atoms with Crippen LogP contribution in [0.3, 0.4) is 0 Å². The van der Waals surface area contributed by atoms with Gasteiger partial charge in [-0.25, -0.2) is 0 Å². The van der Waals surface area contributed by atoms with Crippen LogP contribution < -0.4 is 15.8 Å². The second kappa shape index (κ2) is 4.55. The number of rotatable bonds is 3. The molecule has 0 radical (unpaired) electrons. The summed E-state index contributed by atoms with van der Waals surface area (Å²) >= 11 is 0. The summed E-state index contributed by atoms with van der Waals surface area (Å²) in [6, 6.07) is 5.00. The molecular weight excluding hydrogens is 220 g/mol. The van der Waals surface area contributed by atoms with Gasteiger partial charge in [-0.15, -0.1) is 0 Å². The quantitative estimate of drug-likeness (QED) is 0.758. The zero-order valence-corrected chi connectivity index (χ0v) is 9.53. The van der Waals surface area contributed by atoms with Crippen LogP contribution in [0.4, 0.5) is 5.69 Å². The Morgan fingerprint density at radius 1 is 1.59 bits per heavy atom. The molecule has 0 saturated carbocycles. The Labute approximate surface area is 98.9 Å². The van der Waals surface area contributed by atoms with Gasteiger partial charge in [0.1, 0.15) is 5.75 Å². The molecule has 1 aliphatic rings. The van der Waals surface area contributed by atoms with Gasteiger partial charge in [-0.05, 0) is 18.2 Å². The third-order valence-electron chi connectivity index (χ3n) is 2.70. The Morgan fingerprint density at radius 2 is 2.35 bits per heavy atom. The molecule has 0 saturated heterocycles. The summed E-state index contributed by atoms with van der Waals surface area (Å²) in [5, 5.41) is 2.66. The van der Waals surface area contributed by atoms with E-state index in [4.69, 9.17) is 10.5 Å². The lowest BCUT2D eigenvalue weighted by atomic mass is 9.99. The normalized spacial score (nSPS) is 15.5. The summed E-state index contributed by atoms with van der Waals surface area (Å²) in [4.78, 5) is 23.1. The van der Waals surface area contributed by atoms with Crippen LogP contribution in [0.25, 0.3) is 0 Å². The van der Waals surface area contributed by atoms with E-state index in [1.165, 1.54) is 0 Å². The van der Waals surface area contributed by atoms with Crippen molar-refractivity contribution >= 4 is 17.4 Å². The van der Waals surface area contributed by atoms with Gasteiger partial charge >= 0.3 is 0 Å². The number of fused-ring (bicyclic) bond motifs is 1. The highest BCUT2D eigenvalue weighted by molar-refractivity contribution is 6.01. The van der Waals surface area contributed by atoms with E-state index < -0.39 is 0 Å². The first-order valence-electron chi connectivity index (χ1n) is 5.43. The summed E-state index contributed by atoms with van der Waals surface area (Å²) < 4.78 is 5.21. The lowest BCUT2D eigenvalue weighted by Gasteiger charge is -2.18. The fourth-order valence-electron chi connectivity index (χ4n) is 1.63. The Kier molecular flexibility index (Phi) is 3.10. The standard InChI is InChI=1S/C12H14N2O3/c1-7(5-13)12(16)8-2-3-10-9(4-8)14-11(15)6-17-10/h2-4,7H,5-6,13H2,1H3,(H,14,15). The maximum atomic E-state index is 11.9. The van der Waals surface area contributed by atoms with Crippen LogP contribution in [0, 0.1) is 5.92 Å². The van der Waals surface area contributed by atoms with Gasteiger partial charge in [0.25, 0.3) is 5.91 Å². The summed E-state index contributed by atoms with van der Waals surface area (Å²) in [7, 11) is 0. The summed E-state index contributed by atoms with van der Waals surface area (Å²) in [5.74, 6) is 0.110. The number of hydrogen-bond donors (Lipinski definition) is 2. The van der Waals surface area contributed by atoms with Crippen molar-refractivity contribution in [1.82, 2.24) is 0 Å². The third kappa shape index (κ3) is 2.29. The topological polar surface area (TPSA) is 81.4 Å². The predicted molar refractivity (Wildman–Crippen MR) is 63.1 cm³/mol. The van der Waals surface area contributed by atoms with Crippen LogP contribution in [0.2, 0.25) is 0 Å². The van der Waals surface area contributed by atoms with Crippen LogP contribution in [0.5, 0.6) is 5.75 Å². The Hall–Kier alpha value is -1.88. The number of carbonyl (C=O) groups excluding carboxylic acids is 2. The van der Waals surface area contributed by atoms with Gasteiger partial charge in [-0.3, -0.25) is 9.59 Å². The van der Waals surface area contributed by atoms with Crippen LogP contribution >= 0.6 is 0 Å². The van der Waals surface area contributed by atoms with E-state index in [-0.39, 0.29) is 24.2 Å². The number of Topliss-reactive ketones (excluding diaryl/α,β-unsaturated/α-hetero) is 1. The molecule has 5 heteroatoms. The predicted octanol–water partition coefficient (Wildman–Crippen LogP) is 0.795. The number of ether oxygens (including phenoxy) is 1. The van der Waals surface area contributed by atoms with Crippen molar-refractivity contribution in [3.8, 4) is 5.75 Å². The van der Waals surface area contributed by atoms with Gasteiger partial charge in [-0.1, -0.05) is 6.92 Å². The fourth-order valence-corrected chi connectivity index (χ4v) is 1.63. The van der Waals surface area contributed by atoms with Crippen molar-refractivity contribution in [1.29, 1.82) is 0 Å². The molecule has 3 N–H and O–H groups in total. The number of nitrogens with one attached hydrogen (secondary N) is 1. The number of carbonyl (C=O) groups is 2. The van der Waals surface area contributed by atoms with Crippen molar-refractivity contribution in [2.24, 2.45) is 11.7 Å². The highest BCUT2D eigenvalue weighted by atomic mass is 16.5. The molecule has 0 bridgehead atoms. The van der Waals surface area contributed by atoms with Crippen molar-refractivity contribution in [3.63, 3.8) is 0 Å². The van der Waals surface area contributed by atoms with Gasteiger partial charge in [0, 0.05) is 18.0 Å². The number of nitrogens with two attached hydrogens (primary N) is 1. The lowest BCUT2D eigenvalue weighted by molar-refractivity contribution is -0.118. The minimum Gasteiger partial charge on any atom is -0.482 e. The molecule has 1 aromatic carbocycles.